The third-order valence-corrected chi connectivity index (χ3v) is 4.51. The van der Waals surface area contributed by atoms with Gasteiger partial charge >= 0.3 is 0 Å². The van der Waals surface area contributed by atoms with Gasteiger partial charge in [0.25, 0.3) is 0 Å². The van der Waals surface area contributed by atoms with Crippen molar-refractivity contribution in [3.8, 4) is 17.2 Å². The van der Waals surface area contributed by atoms with Gasteiger partial charge in [-0.1, -0.05) is 19.1 Å². The van der Waals surface area contributed by atoms with E-state index in [1.807, 2.05) is 12.1 Å². The van der Waals surface area contributed by atoms with Crippen LogP contribution in [0.1, 0.15) is 12.5 Å². The van der Waals surface area contributed by atoms with Gasteiger partial charge in [0.15, 0.2) is 11.5 Å². The van der Waals surface area contributed by atoms with Crippen LogP contribution in [0.5, 0.6) is 17.2 Å². The smallest absolute Gasteiger partial charge is 0.203 e. The number of hydrogen-bond acceptors (Lipinski definition) is 5. The van der Waals surface area contributed by atoms with Crippen LogP contribution in [-0.2, 0) is 0 Å². The molecule has 1 aromatic carbocycles. The van der Waals surface area contributed by atoms with Crippen molar-refractivity contribution < 1.29 is 14.2 Å². The number of piperazine rings is 1. The van der Waals surface area contributed by atoms with Gasteiger partial charge in [-0.2, -0.15) is 0 Å². The van der Waals surface area contributed by atoms with E-state index in [2.05, 4.69) is 16.7 Å². The largest absolute Gasteiger partial charge is 0.493 e. The van der Waals surface area contributed by atoms with E-state index in [9.17, 15) is 0 Å². The predicted octanol–water partition coefficient (Wildman–Crippen LogP) is 2.03. The molecule has 0 unspecified atom stereocenters. The number of nitrogens with zero attached hydrogens (tertiary/aromatic N) is 2. The standard InChI is InChI=1S/C16H24N2O3S/c1-5-17-6-8-18(9-7-17)16(22)12-10-13(19-2)15(21-4)14(11-12)20-3/h10-11H,5-9H2,1-4H3. The number of likely N-dealkylation sites (N-methyl/N-ethyl adjacent to an activating group) is 1. The Hall–Kier alpha value is -1.53. The molecule has 0 N–H and O–H groups in total. The van der Waals surface area contributed by atoms with E-state index in [4.69, 9.17) is 26.4 Å². The molecule has 0 bridgehead atoms. The van der Waals surface area contributed by atoms with E-state index in [0.717, 1.165) is 43.3 Å². The molecule has 1 saturated heterocycles. The lowest BCUT2D eigenvalue weighted by molar-refractivity contribution is 0.192. The Balaban J connectivity index is 2.23. The summed E-state index contributed by atoms with van der Waals surface area (Å²) < 4.78 is 16.2. The van der Waals surface area contributed by atoms with Crippen LogP contribution in [0.4, 0.5) is 0 Å². The van der Waals surface area contributed by atoms with E-state index in [1.165, 1.54) is 0 Å². The van der Waals surface area contributed by atoms with Crippen molar-refractivity contribution in [2.45, 2.75) is 6.92 Å². The van der Waals surface area contributed by atoms with Crippen molar-refractivity contribution in [2.75, 3.05) is 54.1 Å². The van der Waals surface area contributed by atoms with Crippen LogP contribution in [-0.4, -0.2) is 68.8 Å². The molecule has 2 rings (SSSR count). The zero-order chi connectivity index (χ0) is 16.1. The van der Waals surface area contributed by atoms with Gasteiger partial charge in [0.2, 0.25) is 5.75 Å². The average Bonchev–Trinajstić information content (AvgIpc) is 2.59. The molecule has 5 nitrogen and oxygen atoms in total. The quantitative estimate of drug-likeness (QED) is 0.771. The molecule has 0 aromatic heterocycles. The van der Waals surface area contributed by atoms with Gasteiger partial charge in [0.1, 0.15) is 4.99 Å². The molecule has 1 aromatic rings. The van der Waals surface area contributed by atoms with Crippen LogP contribution in [0.25, 0.3) is 0 Å². The van der Waals surface area contributed by atoms with Gasteiger partial charge in [0, 0.05) is 31.7 Å². The number of ether oxygens (including phenoxy) is 3. The zero-order valence-electron chi connectivity index (χ0n) is 13.7. The fourth-order valence-corrected chi connectivity index (χ4v) is 2.95. The maximum absolute atomic E-state index is 5.67. The van der Waals surface area contributed by atoms with Crippen LogP contribution in [0.3, 0.4) is 0 Å². The maximum atomic E-state index is 5.67. The second-order valence-corrected chi connectivity index (χ2v) is 5.53. The highest BCUT2D eigenvalue weighted by Crippen LogP contribution is 2.38. The Morgan fingerprint density at radius 2 is 1.55 bits per heavy atom. The number of hydrogen-bond donors (Lipinski definition) is 0. The summed E-state index contributed by atoms with van der Waals surface area (Å²) in [5.74, 6) is 1.85. The third kappa shape index (κ3) is 3.44. The molecular weight excluding hydrogens is 300 g/mol. The molecule has 0 aliphatic carbocycles. The fraction of sp³-hybridized carbons (Fsp3) is 0.562. The van der Waals surface area contributed by atoms with Gasteiger partial charge in [-0.3, -0.25) is 0 Å². The SMILES string of the molecule is CCN1CCN(C(=S)c2cc(OC)c(OC)c(OC)c2)CC1. The molecule has 0 atom stereocenters. The molecule has 0 saturated carbocycles. The Morgan fingerprint density at radius 1 is 1.00 bits per heavy atom. The van der Waals surface area contributed by atoms with Gasteiger partial charge < -0.3 is 24.0 Å². The molecular formula is C16H24N2O3S. The van der Waals surface area contributed by atoms with Gasteiger partial charge in [-0.15, -0.1) is 0 Å². The average molecular weight is 324 g/mol. The second kappa shape index (κ2) is 7.65. The Morgan fingerprint density at radius 3 is 1.95 bits per heavy atom. The van der Waals surface area contributed by atoms with Crippen LogP contribution in [0.2, 0.25) is 0 Å². The fourth-order valence-electron chi connectivity index (χ4n) is 2.65. The summed E-state index contributed by atoms with van der Waals surface area (Å²) in [6.07, 6.45) is 0. The van der Waals surface area contributed by atoms with Crippen molar-refractivity contribution in [3.05, 3.63) is 17.7 Å². The topological polar surface area (TPSA) is 34.2 Å². The van der Waals surface area contributed by atoms with Crippen molar-refractivity contribution in [2.24, 2.45) is 0 Å². The van der Waals surface area contributed by atoms with Gasteiger partial charge in [-0.05, 0) is 18.7 Å². The Labute approximate surface area is 137 Å². The van der Waals surface area contributed by atoms with Gasteiger partial charge in [0.05, 0.1) is 21.3 Å². The number of rotatable bonds is 5. The molecule has 0 radical (unpaired) electrons. The molecule has 1 aliphatic rings. The summed E-state index contributed by atoms with van der Waals surface area (Å²) in [6.45, 7) is 7.26. The Bertz CT molecular complexity index is 503. The van der Waals surface area contributed by atoms with Crippen molar-refractivity contribution >= 4 is 17.2 Å². The van der Waals surface area contributed by atoms with Crippen molar-refractivity contribution in [1.82, 2.24) is 9.80 Å². The van der Waals surface area contributed by atoms with E-state index in [0.29, 0.717) is 17.2 Å². The molecule has 122 valence electrons. The molecule has 6 heteroatoms. The monoisotopic (exact) mass is 324 g/mol. The minimum absolute atomic E-state index is 0.590. The minimum atomic E-state index is 0.590. The summed E-state index contributed by atoms with van der Waals surface area (Å²) in [7, 11) is 4.83. The second-order valence-electron chi connectivity index (χ2n) is 5.14. The minimum Gasteiger partial charge on any atom is -0.493 e. The lowest BCUT2D eigenvalue weighted by Crippen LogP contribution is -2.48. The normalized spacial score (nSPS) is 15.5. The molecule has 1 fully saturated rings. The van der Waals surface area contributed by atoms with E-state index in [1.54, 1.807) is 21.3 Å². The third-order valence-electron chi connectivity index (χ3n) is 4.02. The lowest BCUT2D eigenvalue weighted by atomic mass is 10.1. The molecule has 1 aliphatic heterocycles. The zero-order valence-corrected chi connectivity index (χ0v) is 14.5. The highest BCUT2D eigenvalue weighted by atomic mass is 32.1. The number of methoxy groups -OCH3 is 3. The summed E-state index contributed by atoms with van der Waals surface area (Å²) >= 11 is 5.67. The summed E-state index contributed by atoms with van der Waals surface area (Å²) in [5, 5.41) is 0. The molecule has 1 heterocycles. The molecule has 0 spiro atoms. The van der Waals surface area contributed by atoms with E-state index >= 15 is 0 Å². The Kier molecular flexibility index (Phi) is 5.85. The number of thiocarbonyl (C=S) groups is 1. The first-order chi connectivity index (χ1) is 10.6. The van der Waals surface area contributed by atoms with Crippen molar-refractivity contribution in [1.29, 1.82) is 0 Å². The van der Waals surface area contributed by atoms with E-state index < -0.39 is 0 Å². The highest BCUT2D eigenvalue weighted by Gasteiger charge is 2.21. The predicted molar refractivity (Wildman–Crippen MR) is 91.5 cm³/mol. The summed E-state index contributed by atoms with van der Waals surface area (Å²) in [4.78, 5) is 5.49. The molecule has 0 amide bonds. The van der Waals surface area contributed by atoms with Crippen LogP contribution in [0.15, 0.2) is 12.1 Å². The highest BCUT2D eigenvalue weighted by molar-refractivity contribution is 7.80. The number of benzene rings is 1. The maximum Gasteiger partial charge on any atom is 0.203 e. The van der Waals surface area contributed by atoms with Gasteiger partial charge in [-0.25, -0.2) is 0 Å². The first-order valence-electron chi connectivity index (χ1n) is 7.46. The summed E-state index contributed by atoms with van der Waals surface area (Å²) in [6, 6.07) is 3.83. The van der Waals surface area contributed by atoms with Crippen molar-refractivity contribution in [3.63, 3.8) is 0 Å². The summed E-state index contributed by atoms with van der Waals surface area (Å²) in [5.41, 5.74) is 0.925. The van der Waals surface area contributed by atoms with Crippen LogP contribution >= 0.6 is 12.2 Å². The van der Waals surface area contributed by atoms with Crippen LogP contribution in [0, 0.1) is 0 Å². The van der Waals surface area contributed by atoms with Crippen LogP contribution < -0.4 is 14.2 Å². The molecule has 22 heavy (non-hydrogen) atoms. The van der Waals surface area contributed by atoms with E-state index in [-0.39, 0.29) is 0 Å². The lowest BCUT2D eigenvalue weighted by Gasteiger charge is -2.35. The first-order valence-corrected chi connectivity index (χ1v) is 7.87. The first kappa shape index (κ1) is 16.8.